The van der Waals surface area contributed by atoms with Gasteiger partial charge in [0.1, 0.15) is 0 Å². The Morgan fingerprint density at radius 3 is 2.16 bits per heavy atom. The van der Waals surface area contributed by atoms with Gasteiger partial charge in [0.05, 0.1) is 6.04 Å². The molecule has 0 N–H and O–H groups in total. The molecule has 1 saturated carbocycles. The molecule has 3 heteroatoms. The van der Waals surface area contributed by atoms with Crippen LogP contribution in [-0.4, -0.2) is 23.0 Å². The van der Waals surface area contributed by atoms with Crippen LogP contribution in [0.25, 0.3) is 5.57 Å². The van der Waals surface area contributed by atoms with Gasteiger partial charge in [-0.2, -0.15) is 0 Å². The molecule has 0 spiro atoms. The summed E-state index contributed by atoms with van der Waals surface area (Å²) in [7, 11) is 0. The molecular formula is C58H61N3. The number of allylic oxidation sites excluding steroid dienone is 11. The lowest BCUT2D eigenvalue weighted by Crippen LogP contribution is -2.46. The molecule has 0 saturated heterocycles. The van der Waals surface area contributed by atoms with Crippen molar-refractivity contribution in [3.05, 3.63) is 204 Å². The second kappa shape index (κ2) is 17.1. The van der Waals surface area contributed by atoms with Crippen molar-refractivity contribution < 1.29 is 0 Å². The highest BCUT2D eigenvalue weighted by molar-refractivity contribution is 5.85. The third-order valence-corrected chi connectivity index (χ3v) is 15.3. The summed E-state index contributed by atoms with van der Waals surface area (Å²) in [5, 5.41) is 0. The highest BCUT2D eigenvalue weighted by Gasteiger charge is 2.45. The van der Waals surface area contributed by atoms with Gasteiger partial charge in [0.25, 0.3) is 0 Å². The summed E-state index contributed by atoms with van der Waals surface area (Å²) in [6, 6.07) is 43.0. The van der Waals surface area contributed by atoms with Crippen molar-refractivity contribution in [2.45, 2.75) is 114 Å². The molecule has 0 bridgehead atoms. The largest absolute Gasteiger partial charge is 0.361 e. The average molecular weight is 800 g/mol. The molecule has 1 heterocycles. The van der Waals surface area contributed by atoms with Crippen molar-refractivity contribution in [3.8, 4) is 0 Å². The normalized spacial score (nSPS) is 27.8. The Balaban J connectivity index is 0.871. The van der Waals surface area contributed by atoms with Crippen LogP contribution in [0.4, 0.5) is 17.1 Å². The lowest BCUT2D eigenvalue weighted by molar-refractivity contribution is 0.151. The standard InChI is InChI=1S/C58H61N3/c1-5-19-42(20-6-1)50-27-15-17-31-55(50)59(44-21-7-2-8-22-44)47-35-33-43(34-36-47)49-39-40-57(52-29-14-13-28-51(49)52)60(45-23-9-3-10-24-45)48-37-38-54-53-30-16-18-32-56(53)61(58(54)41-48)46-25-11-4-12-26-46/h2-5,7-9,11-17,19-23,25-31,37-38,43,47-49,54,57-58H,1,6,10,18,24,32-36,39-41H2. The fraction of sp³-hybridized carbons (Fsp3) is 0.345. The number of hydrogen-bond acceptors (Lipinski definition) is 3. The second-order valence-electron chi connectivity index (χ2n) is 18.6. The molecule has 1 fully saturated rings. The van der Waals surface area contributed by atoms with Crippen LogP contribution in [0.5, 0.6) is 0 Å². The van der Waals surface area contributed by atoms with E-state index in [-0.39, 0.29) is 0 Å². The van der Waals surface area contributed by atoms with E-state index in [1.807, 2.05) is 0 Å². The maximum Gasteiger partial charge on any atom is 0.0548 e. The summed E-state index contributed by atoms with van der Waals surface area (Å²) >= 11 is 0. The van der Waals surface area contributed by atoms with Gasteiger partial charge >= 0.3 is 0 Å². The van der Waals surface area contributed by atoms with E-state index in [1.165, 1.54) is 72.4 Å². The van der Waals surface area contributed by atoms with Crippen molar-refractivity contribution >= 4 is 22.6 Å². The number of rotatable bonds is 9. The molecule has 0 radical (unpaired) electrons. The van der Waals surface area contributed by atoms with Crippen molar-refractivity contribution in [1.82, 2.24) is 4.90 Å². The molecule has 61 heavy (non-hydrogen) atoms. The van der Waals surface area contributed by atoms with Crippen LogP contribution < -0.4 is 9.80 Å². The Morgan fingerprint density at radius 1 is 0.607 bits per heavy atom. The molecule has 308 valence electrons. The summed E-state index contributed by atoms with van der Waals surface area (Å²) in [5.74, 6) is 1.78. The number of nitrogens with zero attached hydrogens (tertiary/aromatic N) is 3. The van der Waals surface area contributed by atoms with E-state index in [4.69, 9.17) is 0 Å². The second-order valence-corrected chi connectivity index (χ2v) is 18.6. The predicted molar refractivity (Wildman–Crippen MR) is 256 cm³/mol. The van der Waals surface area contributed by atoms with E-state index in [0.29, 0.717) is 41.9 Å². The first-order valence-corrected chi connectivity index (χ1v) is 23.8. The van der Waals surface area contributed by atoms with Gasteiger partial charge in [-0.3, -0.25) is 0 Å². The molecule has 5 unspecified atom stereocenters. The van der Waals surface area contributed by atoms with Gasteiger partial charge < -0.3 is 14.7 Å². The number of hydrogen-bond donors (Lipinski definition) is 0. The van der Waals surface area contributed by atoms with Crippen LogP contribution in [0.1, 0.15) is 112 Å². The summed E-state index contributed by atoms with van der Waals surface area (Å²) < 4.78 is 0. The topological polar surface area (TPSA) is 9.72 Å². The quantitative estimate of drug-likeness (QED) is 0.156. The Hall–Kier alpha value is -5.54. The van der Waals surface area contributed by atoms with Gasteiger partial charge in [0, 0.05) is 58.1 Å². The summed E-state index contributed by atoms with van der Waals surface area (Å²) in [6.07, 6.45) is 39.7. The smallest absolute Gasteiger partial charge is 0.0548 e. The van der Waals surface area contributed by atoms with Crippen LogP contribution in [-0.2, 0) is 0 Å². The monoisotopic (exact) mass is 799 g/mol. The summed E-state index contributed by atoms with van der Waals surface area (Å²) in [5.41, 5.74) is 14.6. The van der Waals surface area contributed by atoms with Crippen LogP contribution in [0.15, 0.2) is 187 Å². The predicted octanol–water partition coefficient (Wildman–Crippen LogP) is 14.7. The fourth-order valence-corrected chi connectivity index (χ4v) is 12.7. The number of fused-ring (bicyclic) bond motifs is 3. The Labute approximate surface area is 364 Å². The minimum atomic E-state index is 0.354. The van der Waals surface area contributed by atoms with Crippen molar-refractivity contribution in [3.63, 3.8) is 0 Å². The highest BCUT2D eigenvalue weighted by atomic mass is 15.2. The molecule has 0 amide bonds. The first-order chi connectivity index (χ1) is 30.3. The molecule has 7 aliphatic rings. The third kappa shape index (κ3) is 7.28. The zero-order chi connectivity index (χ0) is 40.5. The van der Waals surface area contributed by atoms with E-state index < -0.39 is 0 Å². The summed E-state index contributed by atoms with van der Waals surface area (Å²) in [4.78, 5) is 8.37. The Kier molecular flexibility index (Phi) is 10.7. The minimum Gasteiger partial charge on any atom is -0.361 e. The van der Waals surface area contributed by atoms with Crippen molar-refractivity contribution in [2.75, 3.05) is 9.80 Å². The minimum absolute atomic E-state index is 0.354. The lowest BCUT2D eigenvalue weighted by Gasteiger charge is -2.49. The van der Waals surface area contributed by atoms with Crippen LogP contribution >= 0.6 is 0 Å². The van der Waals surface area contributed by atoms with Crippen molar-refractivity contribution in [1.29, 1.82) is 0 Å². The number of para-hydroxylation sites is 3. The van der Waals surface area contributed by atoms with E-state index in [2.05, 4.69) is 185 Å². The van der Waals surface area contributed by atoms with E-state index in [0.717, 1.165) is 44.9 Å². The molecular weight excluding hydrogens is 739 g/mol. The van der Waals surface area contributed by atoms with Gasteiger partial charge in [-0.05, 0) is 154 Å². The van der Waals surface area contributed by atoms with E-state index in [1.54, 1.807) is 22.4 Å². The zero-order valence-electron chi connectivity index (χ0n) is 35.7. The Morgan fingerprint density at radius 2 is 1.36 bits per heavy atom. The SMILES string of the molecule is C1=CCCC(N(C2C=CC3C4=C(CCC=C4)N(c4ccccc4)C3C2)C2CCC(C3CCC(N(c4ccccc4)c4ccccc4C4=CCCC=C4)CC3)c3ccccc32)=C1. The molecule has 4 aromatic rings. The maximum absolute atomic E-state index is 2.92. The molecule has 4 aromatic carbocycles. The number of anilines is 3. The lowest BCUT2D eigenvalue weighted by atomic mass is 9.68. The summed E-state index contributed by atoms with van der Waals surface area (Å²) in [6.45, 7) is 0. The van der Waals surface area contributed by atoms with Crippen molar-refractivity contribution in [2.24, 2.45) is 11.8 Å². The molecule has 1 aliphatic heterocycles. The van der Waals surface area contributed by atoms with Gasteiger partial charge in [-0.1, -0.05) is 134 Å². The maximum atomic E-state index is 2.92. The first-order valence-electron chi connectivity index (χ1n) is 23.8. The van der Waals surface area contributed by atoms with Gasteiger partial charge in [0.2, 0.25) is 0 Å². The fourth-order valence-electron chi connectivity index (χ4n) is 12.7. The molecule has 11 rings (SSSR count). The average Bonchev–Trinajstić information content (AvgIpc) is 3.67. The van der Waals surface area contributed by atoms with Gasteiger partial charge in [-0.25, -0.2) is 0 Å². The Bertz CT molecular complexity index is 2420. The molecule has 6 aliphatic carbocycles. The molecule has 5 atom stereocenters. The number of benzene rings is 4. The zero-order valence-corrected chi connectivity index (χ0v) is 35.7. The van der Waals surface area contributed by atoms with Gasteiger partial charge in [0.15, 0.2) is 0 Å². The van der Waals surface area contributed by atoms with Crippen LogP contribution in [0.3, 0.4) is 0 Å². The highest BCUT2D eigenvalue weighted by Crippen LogP contribution is 2.53. The third-order valence-electron chi connectivity index (χ3n) is 15.3. The molecule has 3 nitrogen and oxygen atoms in total. The van der Waals surface area contributed by atoms with Crippen LogP contribution in [0.2, 0.25) is 0 Å². The van der Waals surface area contributed by atoms with E-state index >= 15 is 0 Å². The van der Waals surface area contributed by atoms with Crippen LogP contribution in [0, 0.1) is 11.8 Å². The van der Waals surface area contributed by atoms with E-state index in [9.17, 15) is 0 Å². The molecule has 0 aromatic heterocycles. The van der Waals surface area contributed by atoms with Gasteiger partial charge in [-0.15, -0.1) is 0 Å². The first kappa shape index (κ1) is 38.4.